The molecule has 3 heteroatoms. The summed E-state index contributed by atoms with van der Waals surface area (Å²) >= 11 is 0. The minimum Gasteiger partial charge on any atom is -0.381 e. The Balaban J connectivity index is 2.33. The maximum Gasteiger partial charge on any atom is 0.0521 e. The Kier molecular flexibility index (Phi) is 6.22. The number of ether oxygens (including phenoxy) is 1. The fraction of sp³-hybridized carbons (Fsp3) is 1.00. The number of nitrogens with zero attached hydrogens (tertiary/aromatic N) is 1. The smallest absolute Gasteiger partial charge is 0.0521 e. The third-order valence-corrected chi connectivity index (χ3v) is 3.11. The molecule has 0 bridgehead atoms. The van der Waals surface area contributed by atoms with Crippen molar-refractivity contribution in [3.05, 3.63) is 0 Å². The molecule has 0 aromatic heterocycles. The van der Waals surface area contributed by atoms with Gasteiger partial charge in [-0.05, 0) is 32.4 Å². The van der Waals surface area contributed by atoms with Crippen molar-refractivity contribution in [2.45, 2.75) is 39.2 Å². The van der Waals surface area contributed by atoms with E-state index in [1.165, 1.54) is 25.9 Å². The molecule has 1 fully saturated rings. The van der Waals surface area contributed by atoms with Gasteiger partial charge in [0, 0.05) is 25.1 Å². The lowest BCUT2D eigenvalue weighted by Gasteiger charge is -2.33. The quantitative estimate of drug-likeness (QED) is 0.728. The van der Waals surface area contributed by atoms with Gasteiger partial charge in [0.25, 0.3) is 0 Å². The maximum absolute atomic E-state index is 6.11. The molecule has 0 amide bonds. The van der Waals surface area contributed by atoms with E-state index in [1.807, 2.05) is 0 Å². The van der Waals surface area contributed by atoms with Crippen LogP contribution in [0.2, 0.25) is 0 Å². The normalized spacial score (nSPS) is 27.2. The fourth-order valence-corrected chi connectivity index (χ4v) is 2.26. The molecule has 0 saturated carbocycles. The van der Waals surface area contributed by atoms with Gasteiger partial charge in [-0.15, -0.1) is 0 Å². The van der Waals surface area contributed by atoms with Gasteiger partial charge in [-0.1, -0.05) is 13.8 Å². The van der Waals surface area contributed by atoms with Crippen molar-refractivity contribution in [1.82, 2.24) is 4.90 Å². The third kappa shape index (κ3) is 4.49. The van der Waals surface area contributed by atoms with E-state index in [-0.39, 0.29) is 0 Å². The van der Waals surface area contributed by atoms with Crippen molar-refractivity contribution in [2.75, 3.05) is 32.8 Å². The molecule has 1 heterocycles. The van der Waals surface area contributed by atoms with Crippen LogP contribution in [0.5, 0.6) is 0 Å². The Hall–Kier alpha value is -0.120. The second kappa shape index (κ2) is 7.20. The van der Waals surface area contributed by atoms with Crippen molar-refractivity contribution in [3.63, 3.8) is 0 Å². The molecule has 2 atom stereocenters. The molecule has 1 aliphatic heterocycles. The minimum absolute atomic E-state index is 0.343. The van der Waals surface area contributed by atoms with E-state index in [9.17, 15) is 0 Å². The Morgan fingerprint density at radius 3 is 2.47 bits per heavy atom. The molecule has 0 aliphatic carbocycles. The molecule has 0 radical (unpaired) electrons. The average molecular weight is 214 g/mol. The topological polar surface area (TPSA) is 38.5 Å². The van der Waals surface area contributed by atoms with Crippen molar-refractivity contribution in [2.24, 2.45) is 11.7 Å². The Morgan fingerprint density at radius 1 is 1.27 bits per heavy atom. The number of hydrogen-bond acceptors (Lipinski definition) is 3. The Bertz CT molecular complexity index is 158. The zero-order valence-corrected chi connectivity index (χ0v) is 10.2. The van der Waals surface area contributed by atoms with Gasteiger partial charge < -0.3 is 15.4 Å². The van der Waals surface area contributed by atoms with Gasteiger partial charge in [0.2, 0.25) is 0 Å². The highest BCUT2D eigenvalue weighted by Gasteiger charge is 2.24. The molecule has 1 saturated heterocycles. The highest BCUT2D eigenvalue weighted by molar-refractivity contribution is 4.79. The summed E-state index contributed by atoms with van der Waals surface area (Å²) in [4.78, 5) is 2.53. The van der Waals surface area contributed by atoms with Crippen LogP contribution < -0.4 is 5.73 Å². The van der Waals surface area contributed by atoms with Gasteiger partial charge in [0.15, 0.2) is 0 Å². The first kappa shape index (κ1) is 12.9. The lowest BCUT2D eigenvalue weighted by atomic mass is 9.96. The highest BCUT2D eigenvalue weighted by atomic mass is 16.5. The van der Waals surface area contributed by atoms with Crippen LogP contribution >= 0.6 is 0 Å². The molecule has 0 aromatic carbocycles. The molecular formula is C12H26N2O. The molecule has 0 aromatic rings. The second-order valence-corrected chi connectivity index (χ2v) is 4.59. The summed E-state index contributed by atoms with van der Waals surface area (Å²) < 4.78 is 5.50. The lowest BCUT2D eigenvalue weighted by molar-refractivity contribution is 0.0260. The van der Waals surface area contributed by atoms with Gasteiger partial charge in [-0.25, -0.2) is 0 Å². The van der Waals surface area contributed by atoms with Crippen LogP contribution in [0.3, 0.4) is 0 Å². The van der Waals surface area contributed by atoms with Crippen LogP contribution in [0, 0.1) is 5.92 Å². The van der Waals surface area contributed by atoms with Crippen molar-refractivity contribution in [1.29, 1.82) is 0 Å². The molecule has 0 spiro atoms. The van der Waals surface area contributed by atoms with Gasteiger partial charge >= 0.3 is 0 Å². The van der Waals surface area contributed by atoms with E-state index < -0.39 is 0 Å². The fourth-order valence-electron chi connectivity index (χ4n) is 2.26. The predicted octanol–water partition coefficient (Wildman–Crippen LogP) is 1.47. The van der Waals surface area contributed by atoms with Crippen molar-refractivity contribution < 1.29 is 4.74 Å². The summed E-state index contributed by atoms with van der Waals surface area (Å²) in [6, 6.07) is 0.343. The summed E-state index contributed by atoms with van der Waals surface area (Å²) in [6.45, 7) is 9.67. The molecule has 3 nitrogen and oxygen atoms in total. The van der Waals surface area contributed by atoms with Crippen LogP contribution in [-0.4, -0.2) is 43.8 Å². The van der Waals surface area contributed by atoms with E-state index in [4.69, 9.17) is 10.5 Å². The first-order valence-electron chi connectivity index (χ1n) is 6.33. The summed E-state index contributed by atoms with van der Waals surface area (Å²) in [5.41, 5.74) is 6.11. The van der Waals surface area contributed by atoms with E-state index in [0.29, 0.717) is 12.0 Å². The van der Waals surface area contributed by atoms with E-state index in [2.05, 4.69) is 18.7 Å². The largest absolute Gasteiger partial charge is 0.381 e. The molecular weight excluding hydrogens is 188 g/mol. The molecule has 1 rings (SSSR count). The van der Waals surface area contributed by atoms with Gasteiger partial charge in [0.1, 0.15) is 0 Å². The monoisotopic (exact) mass is 214 g/mol. The maximum atomic E-state index is 6.11. The number of rotatable bonds is 6. The molecule has 2 N–H and O–H groups in total. The summed E-state index contributed by atoms with van der Waals surface area (Å²) in [5.74, 6) is 0.539. The molecule has 1 aliphatic rings. The van der Waals surface area contributed by atoms with Crippen LogP contribution in [0.15, 0.2) is 0 Å². The second-order valence-electron chi connectivity index (χ2n) is 4.59. The average Bonchev–Trinajstić information content (AvgIpc) is 2.22. The summed E-state index contributed by atoms with van der Waals surface area (Å²) in [6.07, 6.45) is 3.47. The van der Waals surface area contributed by atoms with E-state index >= 15 is 0 Å². The SMILES string of the molecule is CCCN(CCC)CC1COCCC1N. The van der Waals surface area contributed by atoms with Crippen LogP contribution in [0.1, 0.15) is 33.1 Å². The third-order valence-electron chi connectivity index (χ3n) is 3.11. The predicted molar refractivity (Wildman–Crippen MR) is 63.9 cm³/mol. The zero-order valence-electron chi connectivity index (χ0n) is 10.2. The van der Waals surface area contributed by atoms with Gasteiger partial charge in [-0.3, -0.25) is 0 Å². The van der Waals surface area contributed by atoms with Crippen LogP contribution in [-0.2, 0) is 4.74 Å². The lowest BCUT2D eigenvalue weighted by Crippen LogP contribution is -2.45. The standard InChI is InChI=1S/C12H26N2O/c1-3-6-14(7-4-2)9-11-10-15-8-5-12(11)13/h11-12H,3-10,13H2,1-2H3. The first-order valence-corrected chi connectivity index (χ1v) is 6.33. The Labute approximate surface area is 94.0 Å². The molecule has 2 unspecified atom stereocenters. The molecule has 90 valence electrons. The van der Waals surface area contributed by atoms with Crippen LogP contribution in [0.4, 0.5) is 0 Å². The number of nitrogens with two attached hydrogens (primary N) is 1. The highest BCUT2D eigenvalue weighted by Crippen LogP contribution is 2.14. The van der Waals surface area contributed by atoms with E-state index in [0.717, 1.165) is 26.2 Å². The molecule has 15 heavy (non-hydrogen) atoms. The summed E-state index contributed by atoms with van der Waals surface area (Å²) in [7, 11) is 0. The van der Waals surface area contributed by atoms with E-state index in [1.54, 1.807) is 0 Å². The minimum atomic E-state index is 0.343. The van der Waals surface area contributed by atoms with Gasteiger partial charge in [-0.2, -0.15) is 0 Å². The number of hydrogen-bond donors (Lipinski definition) is 1. The summed E-state index contributed by atoms with van der Waals surface area (Å²) in [5, 5.41) is 0. The first-order chi connectivity index (χ1) is 7.27. The van der Waals surface area contributed by atoms with Crippen molar-refractivity contribution >= 4 is 0 Å². The van der Waals surface area contributed by atoms with Crippen molar-refractivity contribution in [3.8, 4) is 0 Å². The van der Waals surface area contributed by atoms with Gasteiger partial charge in [0.05, 0.1) is 6.61 Å². The van der Waals surface area contributed by atoms with Crippen LogP contribution in [0.25, 0.3) is 0 Å². The zero-order chi connectivity index (χ0) is 11.1. The Morgan fingerprint density at radius 2 is 1.93 bits per heavy atom.